The zero-order valence-corrected chi connectivity index (χ0v) is 16.7. The molecule has 1 aliphatic rings. The van der Waals surface area contributed by atoms with Crippen molar-refractivity contribution in [2.75, 3.05) is 31.1 Å². The van der Waals surface area contributed by atoms with Crippen LogP contribution in [0.3, 0.4) is 0 Å². The molecular weight excluding hydrogens is 396 g/mol. The Kier molecular flexibility index (Phi) is 5.73. The largest absolute Gasteiger partial charge is 0.437 e. The highest BCUT2D eigenvalue weighted by molar-refractivity contribution is 7.10. The van der Waals surface area contributed by atoms with E-state index in [4.69, 9.17) is 16.3 Å². The van der Waals surface area contributed by atoms with Crippen LogP contribution < -0.4 is 9.64 Å². The SMILES string of the molecule is O=C(Cc1cccs1)N1CCN(c2cc(Oc3ccccc3Cl)ncn2)CC1. The van der Waals surface area contributed by atoms with Crippen LogP contribution in [0.15, 0.2) is 54.2 Å². The van der Waals surface area contributed by atoms with Crippen LogP contribution in [0.1, 0.15) is 4.88 Å². The van der Waals surface area contributed by atoms with E-state index < -0.39 is 0 Å². The van der Waals surface area contributed by atoms with Crippen molar-refractivity contribution < 1.29 is 9.53 Å². The Morgan fingerprint density at radius 1 is 1.11 bits per heavy atom. The van der Waals surface area contributed by atoms with Crippen molar-refractivity contribution in [1.82, 2.24) is 14.9 Å². The van der Waals surface area contributed by atoms with Crippen LogP contribution in [-0.2, 0) is 11.2 Å². The molecule has 1 amide bonds. The number of anilines is 1. The number of rotatable bonds is 5. The Hall–Kier alpha value is -2.64. The molecule has 0 radical (unpaired) electrons. The average Bonchev–Trinajstić information content (AvgIpc) is 3.23. The molecule has 2 aromatic heterocycles. The molecule has 1 aromatic carbocycles. The minimum Gasteiger partial charge on any atom is -0.437 e. The van der Waals surface area contributed by atoms with E-state index >= 15 is 0 Å². The summed E-state index contributed by atoms with van der Waals surface area (Å²) in [5, 5.41) is 2.53. The second-order valence-corrected chi connectivity index (χ2v) is 7.81. The number of hydrogen-bond donors (Lipinski definition) is 0. The second-order valence-electron chi connectivity index (χ2n) is 6.37. The second kappa shape index (κ2) is 8.58. The smallest absolute Gasteiger partial charge is 0.227 e. The molecule has 8 heteroatoms. The van der Waals surface area contributed by atoms with E-state index in [1.807, 2.05) is 34.5 Å². The molecule has 1 fully saturated rings. The molecule has 28 heavy (non-hydrogen) atoms. The van der Waals surface area contributed by atoms with E-state index in [0.29, 0.717) is 36.2 Å². The maximum atomic E-state index is 12.5. The Bertz CT molecular complexity index is 943. The first-order valence-corrected chi connectivity index (χ1v) is 10.2. The first-order valence-electron chi connectivity index (χ1n) is 8.98. The van der Waals surface area contributed by atoms with Crippen LogP contribution in [0.2, 0.25) is 5.02 Å². The Morgan fingerprint density at radius 2 is 1.93 bits per heavy atom. The lowest BCUT2D eigenvalue weighted by molar-refractivity contribution is -0.130. The van der Waals surface area contributed by atoms with E-state index in [2.05, 4.69) is 14.9 Å². The van der Waals surface area contributed by atoms with Crippen LogP contribution in [0.5, 0.6) is 11.6 Å². The van der Waals surface area contributed by atoms with Crippen molar-refractivity contribution in [3.05, 3.63) is 64.1 Å². The van der Waals surface area contributed by atoms with Gasteiger partial charge in [0, 0.05) is 37.1 Å². The van der Waals surface area contributed by atoms with Crippen LogP contribution in [0.25, 0.3) is 0 Å². The highest BCUT2D eigenvalue weighted by atomic mass is 35.5. The zero-order chi connectivity index (χ0) is 19.3. The molecule has 3 heterocycles. The third-order valence-electron chi connectivity index (χ3n) is 4.54. The third-order valence-corrected chi connectivity index (χ3v) is 5.73. The molecule has 0 N–H and O–H groups in total. The first kappa shape index (κ1) is 18.7. The van der Waals surface area contributed by atoms with E-state index in [-0.39, 0.29) is 5.91 Å². The van der Waals surface area contributed by atoms with Crippen LogP contribution in [-0.4, -0.2) is 47.0 Å². The van der Waals surface area contributed by atoms with Gasteiger partial charge in [0.25, 0.3) is 0 Å². The number of ether oxygens (including phenoxy) is 1. The molecule has 0 unspecified atom stereocenters. The highest BCUT2D eigenvalue weighted by Crippen LogP contribution is 2.29. The van der Waals surface area contributed by atoms with Gasteiger partial charge in [-0.25, -0.2) is 9.97 Å². The van der Waals surface area contributed by atoms with Crippen LogP contribution in [0, 0.1) is 0 Å². The summed E-state index contributed by atoms with van der Waals surface area (Å²) in [7, 11) is 0. The molecule has 1 aliphatic heterocycles. The Balaban J connectivity index is 1.37. The number of nitrogens with zero attached hydrogens (tertiary/aromatic N) is 4. The molecular formula is C20H19ClN4O2S. The third kappa shape index (κ3) is 4.43. The molecule has 4 rings (SSSR count). The standard InChI is InChI=1S/C20H19ClN4O2S/c21-16-5-1-2-6-17(16)27-19-13-18(22-14-23-19)24-7-9-25(10-8-24)20(26)12-15-4-3-11-28-15/h1-6,11,13-14H,7-10,12H2. The number of halogens is 1. The molecule has 3 aromatic rings. The molecule has 0 aliphatic carbocycles. The summed E-state index contributed by atoms with van der Waals surface area (Å²) >= 11 is 7.76. The van der Waals surface area contributed by atoms with Crippen LogP contribution in [0.4, 0.5) is 5.82 Å². The number of benzene rings is 1. The Morgan fingerprint density at radius 3 is 2.68 bits per heavy atom. The van der Waals surface area contributed by atoms with Gasteiger partial charge in [0.05, 0.1) is 11.4 Å². The number of thiophene rings is 1. The van der Waals surface area contributed by atoms with Crippen molar-refractivity contribution in [2.24, 2.45) is 0 Å². The molecule has 6 nitrogen and oxygen atoms in total. The molecule has 144 valence electrons. The molecule has 0 atom stereocenters. The van der Waals surface area contributed by atoms with E-state index in [0.717, 1.165) is 23.8 Å². The number of piperazine rings is 1. The lowest BCUT2D eigenvalue weighted by atomic mass is 10.2. The van der Waals surface area contributed by atoms with Gasteiger partial charge >= 0.3 is 0 Å². The monoisotopic (exact) mass is 414 g/mol. The van der Waals surface area contributed by atoms with Crippen molar-refractivity contribution in [3.63, 3.8) is 0 Å². The maximum absolute atomic E-state index is 12.5. The maximum Gasteiger partial charge on any atom is 0.227 e. The fourth-order valence-electron chi connectivity index (χ4n) is 3.06. The van der Waals surface area contributed by atoms with E-state index in [1.54, 1.807) is 29.5 Å². The zero-order valence-electron chi connectivity index (χ0n) is 15.1. The summed E-state index contributed by atoms with van der Waals surface area (Å²) in [5.41, 5.74) is 0. The summed E-state index contributed by atoms with van der Waals surface area (Å²) in [6.45, 7) is 2.79. The topological polar surface area (TPSA) is 58.6 Å². The van der Waals surface area contributed by atoms with Crippen LogP contribution >= 0.6 is 22.9 Å². The van der Waals surface area contributed by atoms with Gasteiger partial charge in [0.1, 0.15) is 17.9 Å². The first-order chi connectivity index (χ1) is 13.7. The van der Waals surface area contributed by atoms with Gasteiger partial charge in [-0.15, -0.1) is 11.3 Å². The van der Waals surface area contributed by atoms with Crippen molar-refractivity contribution >= 4 is 34.7 Å². The lowest BCUT2D eigenvalue weighted by Crippen LogP contribution is -2.49. The Labute approximate surface area is 172 Å². The van der Waals surface area contributed by atoms with Crippen molar-refractivity contribution in [3.8, 4) is 11.6 Å². The number of carbonyl (C=O) groups excluding carboxylic acids is 1. The van der Waals surface area contributed by atoms with Gasteiger partial charge < -0.3 is 14.5 Å². The quantitative estimate of drug-likeness (QED) is 0.634. The van der Waals surface area contributed by atoms with E-state index in [1.165, 1.54) is 6.33 Å². The van der Waals surface area contributed by atoms with Crippen molar-refractivity contribution in [2.45, 2.75) is 6.42 Å². The van der Waals surface area contributed by atoms with Gasteiger partial charge in [-0.2, -0.15) is 0 Å². The number of carbonyl (C=O) groups is 1. The number of hydrogen-bond acceptors (Lipinski definition) is 6. The fourth-order valence-corrected chi connectivity index (χ4v) is 3.93. The highest BCUT2D eigenvalue weighted by Gasteiger charge is 2.22. The molecule has 0 saturated carbocycles. The number of amides is 1. The lowest BCUT2D eigenvalue weighted by Gasteiger charge is -2.35. The number of aromatic nitrogens is 2. The van der Waals surface area contributed by atoms with Gasteiger partial charge in [-0.1, -0.05) is 29.8 Å². The summed E-state index contributed by atoms with van der Waals surface area (Å²) in [4.78, 5) is 26.1. The van der Waals surface area contributed by atoms with Gasteiger partial charge in [-0.3, -0.25) is 4.79 Å². The van der Waals surface area contributed by atoms with Crippen molar-refractivity contribution in [1.29, 1.82) is 0 Å². The average molecular weight is 415 g/mol. The fraction of sp³-hybridized carbons (Fsp3) is 0.250. The predicted molar refractivity (Wildman–Crippen MR) is 110 cm³/mol. The summed E-state index contributed by atoms with van der Waals surface area (Å²) in [5.74, 6) is 1.95. The molecule has 0 bridgehead atoms. The summed E-state index contributed by atoms with van der Waals surface area (Å²) < 4.78 is 5.79. The molecule has 1 saturated heterocycles. The summed E-state index contributed by atoms with van der Waals surface area (Å²) in [6, 6.07) is 13.0. The minimum absolute atomic E-state index is 0.174. The van der Waals surface area contributed by atoms with Gasteiger partial charge in [0.2, 0.25) is 11.8 Å². The van der Waals surface area contributed by atoms with Gasteiger partial charge in [0.15, 0.2) is 0 Å². The summed E-state index contributed by atoms with van der Waals surface area (Å²) in [6.07, 6.45) is 1.96. The predicted octanol–water partition coefficient (Wildman–Crippen LogP) is 3.88. The van der Waals surface area contributed by atoms with E-state index in [9.17, 15) is 4.79 Å². The van der Waals surface area contributed by atoms with Gasteiger partial charge in [-0.05, 0) is 23.6 Å². The number of para-hydroxylation sites is 1. The minimum atomic E-state index is 0.174. The normalized spacial score (nSPS) is 14.2. The molecule has 0 spiro atoms.